The Morgan fingerprint density at radius 1 is 0.917 bits per heavy atom. The summed E-state index contributed by atoms with van der Waals surface area (Å²) in [7, 11) is 0. The molecule has 0 saturated heterocycles. The molecule has 0 aliphatic heterocycles. The van der Waals surface area contributed by atoms with Crippen LogP contribution in [-0.2, 0) is 28.5 Å². The molecule has 137 valence electrons. The van der Waals surface area contributed by atoms with Crippen molar-refractivity contribution in [3.63, 3.8) is 0 Å². The molecule has 0 heterocycles. The Bertz CT molecular complexity index is 392. The van der Waals surface area contributed by atoms with Gasteiger partial charge in [-0.15, -0.1) is 0 Å². The van der Waals surface area contributed by atoms with Crippen molar-refractivity contribution in [3.8, 4) is 0 Å². The molecule has 0 aromatic carbocycles. The van der Waals surface area contributed by atoms with E-state index < -0.39 is 24.1 Å². The number of aliphatic hydroxyl groups excluding tert-OH is 2. The fourth-order valence-corrected chi connectivity index (χ4v) is 1.17. The van der Waals surface area contributed by atoms with Gasteiger partial charge >= 0.3 is 11.9 Å². The fraction of sp³-hybridized carbons (Fsp3) is 0.562. The van der Waals surface area contributed by atoms with Crippen molar-refractivity contribution in [3.05, 3.63) is 30.9 Å². The zero-order valence-electron chi connectivity index (χ0n) is 14.0. The molecule has 8 nitrogen and oxygen atoms in total. The lowest BCUT2D eigenvalue weighted by atomic mass is 10.3. The molecule has 0 fully saturated rings. The number of esters is 2. The van der Waals surface area contributed by atoms with E-state index in [1.165, 1.54) is 20.5 Å². The topological polar surface area (TPSA) is 112 Å². The summed E-state index contributed by atoms with van der Waals surface area (Å²) in [4.78, 5) is 22.2. The first-order valence-electron chi connectivity index (χ1n) is 7.26. The van der Waals surface area contributed by atoms with E-state index in [0.29, 0.717) is 0 Å². The van der Waals surface area contributed by atoms with Gasteiger partial charge in [0.1, 0.15) is 32.0 Å². The van der Waals surface area contributed by atoms with E-state index in [1.54, 1.807) is 0 Å². The maximum Gasteiger partial charge on any atom is 0.333 e. The van der Waals surface area contributed by atoms with Crippen LogP contribution in [0, 0.1) is 6.61 Å². The third-order valence-electron chi connectivity index (χ3n) is 2.41. The molecule has 2 N–H and O–H groups in total. The molecule has 0 aliphatic rings. The van der Waals surface area contributed by atoms with E-state index in [9.17, 15) is 19.8 Å². The maximum absolute atomic E-state index is 11.1. The van der Waals surface area contributed by atoms with Crippen molar-refractivity contribution in [1.82, 2.24) is 0 Å². The number of carbonyl (C=O) groups excluding carboxylic acids is 2. The van der Waals surface area contributed by atoms with Crippen LogP contribution in [0.4, 0.5) is 0 Å². The maximum atomic E-state index is 11.1. The number of ether oxygens (including phenoxy) is 4. The van der Waals surface area contributed by atoms with Gasteiger partial charge in [0.25, 0.3) is 0 Å². The monoisotopic (exact) mass is 345 g/mol. The summed E-state index contributed by atoms with van der Waals surface area (Å²) >= 11 is 0. The third kappa shape index (κ3) is 11.8. The van der Waals surface area contributed by atoms with Crippen molar-refractivity contribution in [2.24, 2.45) is 0 Å². The van der Waals surface area contributed by atoms with Gasteiger partial charge in [0.15, 0.2) is 0 Å². The molecule has 2 atom stereocenters. The smallest absolute Gasteiger partial charge is 0.333 e. The minimum Gasteiger partial charge on any atom is -0.460 e. The average molecular weight is 345 g/mol. The van der Waals surface area contributed by atoms with Crippen LogP contribution in [0.15, 0.2) is 24.3 Å². The highest BCUT2D eigenvalue weighted by Gasteiger charge is 2.11. The van der Waals surface area contributed by atoms with Crippen molar-refractivity contribution in [2.75, 3.05) is 33.0 Å². The fourth-order valence-electron chi connectivity index (χ4n) is 1.17. The summed E-state index contributed by atoms with van der Waals surface area (Å²) < 4.78 is 19.6. The third-order valence-corrected chi connectivity index (χ3v) is 2.41. The molecule has 2 unspecified atom stereocenters. The Hall–Kier alpha value is -1.74. The zero-order valence-corrected chi connectivity index (χ0v) is 14.0. The first-order valence-corrected chi connectivity index (χ1v) is 7.26. The largest absolute Gasteiger partial charge is 0.460 e. The van der Waals surface area contributed by atoms with Gasteiger partial charge in [-0.1, -0.05) is 13.2 Å². The minimum absolute atomic E-state index is 0.0535. The van der Waals surface area contributed by atoms with Gasteiger partial charge in [-0.25, -0.2) is 9.59 Å². The SMILES string of the molecule is C=C(C)C(=O)OCC(O)CO[CH]COCC(O)COC(=O)C(=C)C. The Balaban J connectivity index is 3.55. The van der Waals surface area contributed by atoms with Gasteiger partial charge in [0.2, 0.25) is 0 Å². The van der Waals surface area contributed by atoms with E-state index >= 15 is 0 Å². The number of hydrogen-bond donors (Lipinski definition) is 2. The highest BCUT2D eigenvalue weighted by Crippen LogP contribution is 1.97. The summed E-state index contributed by atoms with van der Waals surface area (Å²) in [6.07, 6.45) is -1.94. The molecule has 0 spiro atoms. The van der Waals surface area contributed by atoms with Crippen LogP contribution < -0.4 is 0 Å². The normalized spacial score (nSPS) is 13.0. The Morgan fingerprint density at radius 3 is 1.83 bits per heavy atom. The molecule has 24 heavy (non-hydrogen) atoms. The van der Waals surface area contributed by atoms with Gasteiger partial charge in [-0.05, 0) is 13.8 Å². The summed E-state index contributed by atoms with van der Waals surface area (Å²) in [5.74, 6) is -1.16. The average Bonchev–Trinajstić information content (AvgIpc) is 2.52. The van der Waals surface area contributed by atoms with Crippen LogP contribution in [0.5, 0.6) is 0 Å². The highest BCUT2D eigenvalue weighted by molar-refractivity contribution is 5.87. The number of hydrogen-bond acceptors (Lipinski definition) is 8. The minimum atomic E-state index is -0.975. The van der Waals surface area contributed by atoms with E-state index in [4.69, 9.17) is 18.9 Å². The van der Waals surface area contributed by atoms with Gasteiger partial charge < -0.3 is 29.2 Å². The van der Waals surface area contributed by atoms with Crippen molar-refractivity contribution >= 4 is 11.9 Å². The van der Waals surface area contributed by atoms with E-state index in [1.807, 2.05) is 0 Å². The Labute approximate surface area is 141 Å². The quantitative estimate of drug-likeness (QED) is 0.275. The molecular weight excluding hydrogens is 320 g/mol. The molecule has 0 amide bonds. The van der Waals surface area contributed by atoms with Crippen LogP contribution in [-0.4, -0.2) is 67.4 Å². The predicted octanol–water partition coefficient (Wildman–Crippen LogP) is 0.142. The second kappa shape index (κ2) is 12.7. The highest BCUT2D eigenvalue weighted by atomic mass is 16.6. The molecule has 0 bridgehead atoms. The molecule has 1 radical (unpaired) electrons. The molecule has 0 aromatic heterocycles. The number of aliphatic hydroxyl groups is 2. The summed E-state index contributed by atoms with van der Waals surface area (Å²) in [6, 6.07) is 0. The lowest BCUT2D eigenvalue weighted by Crippen LogP contribution is -2.25. The second-order valence-electron chi connectivity index (χ2n) is 5.10. The van der Waals surface area contributed by atoms with Crippen molar-refractivity contribution < 1.29 is 38.7 Å². The van der Waals surface area contributed by atoms with E-state index in [0.717, 1.165) is 0 Å². The zero-order chi connectivity index (χ0) is 18.5. The van der Waals surface area contributed by atoms with Gasteiger partial charge in [-0.2, -0.15) is 0 Å². The lowest BCUT2D eigenvalue weighted by molar-refractivity contribution is -0.144. The first-order chi connectivity index (χ1) is 11.2. The van der Waals surface area contributed by atoms with E-state index in [-0.39, 0.29) is 44.2 Å². The number of carbonyl (C=O) groups is 2. The van der Waals surface area contributed by atoms with Crippen molar-refractivity contribution in [2.45, 2.75) is 26.1 Å². The summed E-state index contributed by atoms with van der Waals surface area (Å²) in [6.45, 7) is 10.7. The Kier molecular flexibility index (Phi) is 11.7. The second-order valence-corrected chi connectivity index (χ2v) is 5.10. The molecule has 0 aliphatic carbocycles. The Morgan fingerprint density at radius 2 is 1.38 bits per heavy atom. The van der Waals surface area contributed by atoms with Crippen LogP contribution in [0.1, 0.15) is 13.8 Å². The first kappa shape index (κ1) is 22.3. The van der Waals surface area contributed by atoms with Gasteiger partial charge in [-0.3, -0.25) is 0 Å². The van der Waals surface area contributed by atoms with Crippen molar-refractivity contribution in [1.29, 1.82) is 0 Å². The van der Waals surface area contributed by atoms with Gasteiger partial charge in [0.05, 0.1) is 19.8 Å². The predicted molar refractivity (Wildman–Crippen MR) is 84.6 cm³/mol. The summed E-state index contributed by atoms with van der Waals surface area (Å²) in [5.41, 5.74) is 0.493. The van der Waals surface area contributed by atoms with Crippen LogP contribution in [0.25, 0.3) is 0 Å². The van der Waals surface area contributed by atoms with Crippen LogP contribution in [0.2, 0.25) is 0 Å². The summed E-state index contributed by atoms with van der Waals surface area (Å²) in [5, 5.41) is 19.0. The molecule has 0 rings (SSSR count). The van der Waals surface area contributed by atoms with E-state index in [2.05, 4.69) is 13.2 Å². The lowest BCUT2D eigenvalue weighted by Gasteiger charge is -2.13. The number of rotatable bonds is 13. The van der Waals surface area contributed by atoms with Crippen LogP contribution in [0.3, 0.4) is 0 Å². The molecular formula is C16H25O8. The van der Waals surface area contributed by atoms with Crippen LogP contribution >= 0.6 is 0 Å². The molecule has 0 aromatic rings. The standard InChI is InChI=1S/C16H25O8/c1-11(2)15(19)23-9-13(17)7-21-5-6-22-8-14(18)10-24-16(20)12(3)4/h5,13-14,17-18H,1,3,6-10H2,2,4H3. The molecule has 0 saturated carbocycles. The van der Waals surface area contributed by atoms with Gasteiger partial charge in [0, 0.05) is 11.1 Å². The molecule has 8 heteroatoms.